The fourth-order valence-electron chi connectivity index (χ4n) is 3.00. The number of nitrogens with zero attached hydrogens (tertiary/aromatic N) is 3. The van der Waals surface area contributed by atoms with Crippen molar-refractivity contribution in [2.45, 2.75) is 6.92 Å². The van der Waals surface area contributed by atoms with E-state index in [0.717, 1.165) is 10.9 Å². The first-order valence-corrected chi connectivity index (χ1v) is 8.72. The predicted molar refractivity (Wildman–Crippen MR) is 107 cm³/mol. The molecule has 8 nitrogen and oxygen atoms in total. The van der Waals surface area contributed by atoms with Crippen LogP contribution in [0.25, 0.3) is 16.7 Å². The number of nitrogens with one attached hydrogen (secondary N) is 1. The van der Waals surface area contributed by atoms with Crippen LogP contribution in [0.15, 0.2) is 60.8 Å². The molecule has 4 rings (SSSR count). The van der Waals surface area contributed by atoms with Crippen LogP contribution >= 0.6 is 0 Å². The summed E-state index contributed by atoms with van der Waals surface area (Å²) in [6, 6.07) is 15.1. The lowest BCUT2D eigenvalue weighted by Gasteiger charge is -2.09. The molecule has 144 valence electrons. The van der Waals surface area contributed by atoms with Gasteiger partial charge in [0, 0.05) is 5.39 Å². The molecular weight excluding hydrogens is 372 g/mol. The Hall–Kier alpha value is -4.20. The van der Waals surface area contributed by atoms with Crippen LogP contribution in [0.5, 0.6) is 5.75 Å². The molecule has 0 spiro atoms. The van der Waals surface area contributed by atoms with Crippen molar-refractivity contribution in [1.29, 1.82) is 0 Å². The zero-order valence-corrected chi connectivity index (χ0v) is 15.3. The molecule has 0 radical (unpaired) electrons. The number of carboxylic acid groups (broad SMARTS) is 1. The number of phenols is 1. The van der Waals surface area contributed by atoms with Gasteiger partial charge in [-0.1, -0.05) is 18.2 Å². The standard InChI is InChI=1S/C21H16N4O4/c1-12-15(20(27)24-17-10-14(21(28)29)6-8-18(17)26)11-22-25(12)19-9-7-13-4-2-3-5-16(13)23-19/h2-11,26H,1H3,(H,24,27)(H,28,29). The van der Waals surface area contributed by atoms with Gasteiger partial charge in [0.2, 0.25) is 0 Å². The Bertz CT molecular complexity index is 1260. The fourth-order valence-corrected chi connectivity index (χ4v) is 3.00. The maximum atomic E-state index is 12.7. The topological polar surface area (TPSA) is 117 Å². The molecule has 3 N–H and O–H groups in total. The molecule has 8 heteroatoms. The first-order valence-electron chi connectivity index (χ1n) is 8.72. The van der Waals surface area contributed by atoms with Crippen LogP contribution in [-0.4, -0.2) is 36.9 Å². The summed E-state index contributed by atoms with van der Waals surface area (Å²) in [5.74, 6) is -1.35. The number of pyridine rings is 1. The number of aromatic nitrogens is 3. The lowest BCUT2D eigenvalue weighted by atomic mass is 10.1. The zero-order chi connectivity index (χ0) is 20.5. The molecule has 29 heavy (non-hydrogen) atoms. The van der Waals surface area contributed by atoms with Crippen molar-refractivity contribution < 1.29 is 19.8 Å². The van der Waals surface area contributed by atoms with E-state index in [-0.39, 0.29) is 22.6 Å². The van der Waals surface area contributed by atoms with Crippen LogP contribution in [0.1, 0.15) is 26.4 Å². The minimum atomic E-state index is -1.16. The highest BCUT2D eigenvalue weighted by Crippen LogP contribution is 2.25. The summed E-state index contributed by atoms with van der Waals surface area (Å²) in [6.07, 6.45) is 1.40. The number of para-hydroxylation sites is 1. The molecule has 0 bridgehead atoms. The van der Waals surface area contributed by atoms with Crippen LogP contribution in [0.3, 0.4) is 0 Å². The fraction of sp³-hybridized carbons (Fsp3) is 0.0476. The SMILES string of the molecule is Cc1c(C(=O)Nc2cc(C(=O)O)ccc2O)cnn1-c1ccc2ccccc2n1. The predicted octanol–water partition coefficient (Wildman–Crippen LogP) is 3.39. The van der Waals surface area contributed by atoms with Crippen LogP contribution < -0.4 is 5.32 Å². The summed E-state index contributed by atoms with van der Waals surface area (Å²) in [4.78, 5) is 28.4. The molecule has 2 aromatic heterocycles. The normalized spacial score (nSPS) is 10.8. The first kappa shape index (κ1) is 18.2. The number of benzene rings is 2. The quantitative estimate of drug-likeness (QED) is 0.461. The third-order valence-electron chi connectivity index (χ3n) is 4.55. The van der Waals surface area contributed by atoms with E-state index in [0.29, 0.717) is 11.5 Å². The summed E-state index contributed by atoms with van der Waals surface area (Å²) in [5, 5.41) is 26.8. The Kier molecular flexibility index (Phi) is 4.44. The molecule has 2 heterocycles. The number of hydrogen-bond donors (Lipinski definition) is 3. The third kappa shape index (κ3) is 3.39. The Morgan fingerprint density at radius 3 is 2.66 bits per heavy atom. The molecule has 0 aliphatic heterocycles. The smallest absolute Gasteiger partial charge is 0.335 e. The summed E-state index contributed by atoms with van der Waals surface area (Å²) in [6.45, 7) is 1.73. The number of carbonyl (C=O) groups excluding carboxylic acids is 1. The highest BCUT2D eigenvalue weighted by Gasteiger charge is 2.18. The van der Waals surface area contributed by atoms with Crippen LogP contribution in [0.4, 0.5) is 5.69 Å². The number of rotatable bonds is 4. The molecule has 0 aliphatic rings. The maximum Gasteiger partial charge on any atom is 0.335 e. The summed E-state index contributed by atoms with van der Waals surface area (Å²) < 4.78 is 1.55. The van der Waals surface area contributed by atoms with Crippen molar-refractivity contribution in [2.24, 2.45) is 0 Å². The number of aromatic carboxylic acids is 1. The van der Waals surface area contributed by atoms with Gasteiger partial charge >= 0.3 is 5.97 Å². The summed E-state index contributed by atoms with van der Waals surface area (Å²) in [7, 11) is 0. The van der Waals surface area contributed by atoms with Gasteiger partial charge in [-0.05, 0) is 43.3 Å². The Balaban J connectivity index is 1.65. The molecule has 0 saturated carbocycles. The molecule has 2 aromatic carbocycles. The largest absolute Gasteiger partial charge is 0.506 e. The van der Waals surface area contributed by atoms with E-state index in [1.807, 2.05) is 36.4 Å². The minimum absolute atomic E-state index is 0.00544. The van der Waals surface area contributed by atoms with E-state index in [1.54, 1.807) is 11.6 Å². The number of hydrogen-bond acceptors (Lipinski definition) is 5. The molecule has 4 aromatic rings. The van der Waals surface area contributed by atoms with Gasteiger partial charge in [0.25, 0.3) is 5.91 Å². The molecule has 0 saturated heterocycles. The van der Waals surface area contributed by atoms with Crippen molar-refractivity contribution in [1.82, 2.24) is 14.8 Å². The lowest BCUT2D eigenvalue weighted by Crippen LogP contribution is -2.14. The van der Waals surface area contributed by atoms with Crippen LogP contribution in [-0.2, 0) is 0 Å². The van der Waals surface area contributed by atoms with E-state index in [1.165, 1.54) is 24.4 Å². The van der Waals surface area contributed by atoms with Gasteiger partial charge in [0.05, 0.1) is 34.2 Å². The Morgan fingerprint density at radius 1 is 1.07 bits per heavy atom. The number of amides is 1. The van der Waals surface area contributed by atoms with Gasteiger partial charge in [-0.25, -0.2) is 14.5 Å². The maximum absolute atomic E-state index is 12.7. The monoisotopic (exact) mass is 388 g/mol. The van der Waals surface area contributed by atoms with Crippen molar-refractivity contribution in [2.75, 3.05) is 5.32 Å². The van der Waals surface area contributed by atoms with Gasteiger partial charge in [-0.2, -0.15) is 5.10 Å². The third-order valence-corrected chi connectivity index (χ3v) is 4.55. The number of phenolic OH excluding ortho intramolecular Hbond substituents is 1. The van der Waals surface area contributed by atoms with Gasteiger partial charge in [-0.3, -0.25) is 4.79 Å². The van der Waals surface area contributed by atoms with E-state index < -0.39 is 11.9 Å². The highest BCUT2D eigenvalue weighted by molar-refractivity contribution is 6.06. The second-order valence-electron chi connectivity index (χ2n) is 6.41. The molecular formula is C21H16N4O4. The van der Waals surface area contributed by atoms with E-state index in [4.69, 9.17) is 5.11 Å². The molecule has 0 unspecified atom stereocenters. The first-order chi connectivity index (χ1) is 13.9. The lowest BCUT2D eigenvalue weighted by molar-refractivity contribution is 0.0696. The molecule has 0 aliphatic carbocycles. The van der Waals surface area contributed by atoms with E-state index in [9.17, 15) is 14.7 Å². The van der Waals surface area contributed by atoms with Gasteiger partial charge in [-0.15, -0.1) is 0 Å². The Labute approximate surface area is 165 Å². The van der Waals surface area contributed by atoms with Gasteiger partial charge in [0.15, 0.2) is 5.82 Å². The highest BCUT2D eigenvalue weighted by atomic mass is 16.4. The summed E-state index contributed by atoms with van der Waals surface area (Å²) in [5.41, 5.74) is 1.59. The van der Waals surface area contributed by atoms with Crippen molar-refractivity contribution >= 4 is 28.5 Å². The number of aromatic hydroxyl groups is 1. The Morgan fingerprint density at radius 2 is 1.86 bits per heavy atom. The van der Waals surface area contributed by atoms with Crippen LogP contribution in [0.2, 0.25) is 0 Å². The van der Waals surface area contributed by atoms with Crippen LogP contribution in [0, 0.1) is 6.92 Å². The molecule has 0 atom stereocenters. The van der Waals surface area contributed by atoms with E-state index >= 15 is 0 Å². The zero-order valence-electron chi connectivity index (χ0n) is 15.3. The number of fused-ring (bicyclic) bond motifs is 1. The van der Waals surface area contributed by atoms with Gasteiger partial charge in [0.1, 0.15) is 5.75 Å². The van der Waals surface area contributed by atoms with Crippen molar-refractivity contribution in [3.63, 3.8) is 0 Å². The summed E-state index contributed by atoms with van der Waals surface area (Å²) >= 11 is 0. The average molecular weight is 388 g/mol. The average Bonchev–Trinajstić information content (AvgIpc) is 3.10. The molecule has 1 amide bonds. The van der Waals surface area contributed by atoms with Gasteiger partial charge < -0.3 is 15.5 Å². The number of carbonyl (C=O) groups is 2. The number of anilines is 1. The second kappa shape index (κ2) is 7.08. The van der Waals surface area contributed by atoms with E-state index in [2.05, 4.69) is 15.4 Å². The second-order valence-corrected chi connectivity index (χ2v) is 6.41. The van der Waals surface area contributed by atoms with Crippen molar-refractivity contribution in [3.8, 4) is 11.6 Å². The molecule has 0 fully saturated rings. The minimum Gasteiger partial charge on any atom is -0.506 e. The number of carboxylic acids is 1. The van der Waals surface area contributed by atoms with Crippen molar-refractivity contribution in [3.05, 3.63) is 77.6 Å².